The third-order valence-electron chi connectivity index (χ3n) is 4.63. The number of carbonyl (C=O) groups is 1. The zero-order chi connectivity index (χ0) is 17.6. The SMILES string of the molecule is COc1ccccc1CNC(=O)CN1CCCC1c1cccc(C)n1. The van der Waals surface area contributed by atoms with Crippen molar-refractivity contribution in [2.75, 3.05) is 20.2 Å². The summed E-state index contributed by atoms with van der Waals surface area (Å²) in [6.45, 7) is 3.81. The number of rotatable bonds is 6. The molecule has 1 saturated heterocycles. The van der Waals surface area contributed by atoms with Crippen LogP contribution in [-0.2, 0) is 11.3 Å². The van der Waals surface area contributed by atoms with Crippen LogP contribution in [0.15, 0.2) is 42.5 Å². The number of aromatic nitrogens is 1. The average molecular weight is 339 g/mol. The van der Waals surface area contributed by atoms with Crippen molar-refractivity contribution in [2.24, 2.45) is 0 Å². The first kappa shape index (κ1) is 17.4. The summed E-state index contributed by atoms with van der Waals surface area (Å²) in [6, 6.07) is 14.1. The smallest absolute Gasteiger partial charge is 0.234 e. The molecule has 0 aliphatic carbocycles. The van der Waals surface area contributed by atoms with Crippen LogP contribution < -0.4 is 10.1 Å². The van der Waals surface area contributed by atoms with Gasteiger partial charge in [-0.2, -0.15) is 0 Å². The fraction of sp³-hybridized carbons (Fsp3) is 0.400. The topological polar surface area (TPSA) is 54.5 Å². The first-order chi connectivity index (χ1) is 12.2. The molecule has 1 aromatic heterocycles. The Morgan fingerprint density at radius 1 is 1.28 bits per heavy atom. The molecule has 1 aromatic carbocycles. The molecule has 2 heterocycles. The van der Waals surface area contributed by atoms with E-state index in [0.29, 0.717) is 13.1 Å². The molecule has 0 bridgehead atoms. The number of hydrogen-bond donors (Lipinski definition) is 1. The Hall–Kier alpha value is -2.40. The second kappa shape index (κ2) is 8.12. The third kappa shape index (κ3) is 4.37. The fourth-order valence-corrected chi connectivity index (χ4v) is 3.38. The highest BCUT2D eigenvalue weighted by Gasteiger charge is 2.28. The van der Waals surface area contributed by atoms with Crippen molar-refractivity contribution in [1.29, 1.82) is 0 Å². The number of likely N-dealkylation sites (tertiary alicyclic amines) is 1. The number of aryl methyl sites for hydroxylation is 1. The van der Waals surface area contributed by atoms with Crippen LogP contribution in [0.25, 0.3) is 0 Å². The van der Waals surface area contributed by atoms with E-state index < -0.39 is 0 Å². The Morgan fingerprint density at radius 3 is 2.92 bits per heavy atom. The maximum atomic E-state index is 12.4. The van der Waals surface area contributed by atoms with Gasteiger partial charge in [-0.3, -0.25) is 14.7 Å². The molecule has 1 amide bonds. The van der Waals surface area contributed by atoms with Crippen molar-refractivity contribution in [3.8, 4) is 5.75 Å². The molecule has 1 aliphatic rings. The van der Waals surface area contributed by atoms with Crippen LogP contribution in [0.4, 0.5) is 0 Å². The number of hydrogen-bond acceptors (Lipinski definition) is 4. The van der Waals surface area contributed by atoms with Crippen LogP contribution in [0.2, 0.25) is 0 Å². The molecule has 1 N–H and O–H groups in total. The lowest BCUT2D eigenvalue weighted by atomic mass is 10.1. The number of benzene rings is 1. The Balaban J connectivity index is 1.58. The fourth-order valence-electron chi connectivity index (χ4n) is 3.38. The van der Waals surface area contributed by atoms with Gasteiger partial charge in [0, 0.05) is 17.8 Å². The zero-order valence-electron chi connectivity index (χ0n) is 14.9. The van der Waals surface area contributed by atoms with E-state index in [-0.39, 0.29) is 11.9 Å². The predicted octanol–water partition coefficient (Wildman–Crippen LogP) is 2.85. The molecule has 1 atom stereocenters. The summed E-state index contributed by atoms with van der Waals surface area (Å²) in [5.41, 5.74) is 3.07. The molecule has 5 heteroatoms. The summed E-state index contributed by atoms with van der Waals surface area (Å²) in [7, 11) is 1.64. The number of carbonyl (C=O) groups excluding carboxylic acids is 1. The Morgan fingerprint density at radius 2 is 2.12 bits per heavy atom. The number of nitrogens with zero attached hydrogens (tertiary/aromatic N) is 2. The molecule has 132 valence electrons. The van der Waals surface area contributed by atoms with Gasteiger partial charge in [0.1, 0.15) is 5.75 Å². The summed E-state index contributed by atoms with van der Waals surface area (Å²) in [4.78, 5) is 19.3. The van der Waals surface area contributed by atoms with E-state index in [2.05, 4.69) is 21.3 Å². The number of ether oxygens (including phenoxy) is 1. The van der Waals surface area contributed by atoms with Crippen LogP contribution in [-0.4, -0.2) is 36.0 Å². The van der Waals surface area contributed by atoms with Crippen molar-refractivity contribution in [3.63, 3.8) is 0 Å². The quantitative estimate of drug-likeness (QED) is 0.879. The van der Waals surface area contributed by atoms with Crippen LogP contribution in [0.1, 0.15) is 35.8 Å². The summed E-state index contributed by atoms with van der Waals surface area (Å²) in [6.07, 6.45) is 2.15. The van der Waals surface area contributed by atoms with Crippen molar-refractivity contribution in [3.05, 3.63) is 59.4 Å². The van der Waals surface area contributed by atoms with Crippen molar-refractivity contribution < 1.29 is 9.53 Å². The number of nitrogens with one attached hydrogen (secondary N) is 1. The van der Waals surface area contributed by atoms with Gasteiger partial charge in [0.2, 0.25) is 5.91 Å². The highest BCUT2D eigenvalue weighted by molar-refractivity contribution is 5.78. The number of amides is 1. The normalized spacial score (nSPS) is 17.4. The summed E-state index contributed by atoms with van der Waals surface area (Å²) in [5.74, 6) is 0.830. The lowest BCUT2D eigenvalue weighted by Crippen LogP contribution is -2.36. The molecular formula is C20H25N3O2. The minimum Gasteiger partial charge on any atom is -0.496 e. The predicted molar refractivity (Wildman–Crippen MR) is 97.4 cm³/mol. The number of para-hydroxylation sites is 1. The molecule has 0 spiro atoms. The molecule has 2 aromatic rings. The van der Waals surface area contributed by atoms with Crippen LogP contribution in [0.3, 0.4) is 0 Å². The first-order valence-electron chi connectivity index (χ1n) is 8.73. The molecule has 5 nitrogen and oxygen atoms in total. The molecule has 0 radical (unpaired) electrons. The van der Waals surface area contributed by atoms with E-state index in [1.165, 1.54) is 0 Å². The summed E-state index contributed by atoms with van der Waals surface area (Å²) >= 11 is 0. The van der Waals surface area contributed by atoms with Gasteiger partial charge in [0.25, 0.3) is 0 Å². The first-order valence-corrected chi connectivity index (χ1v) is 8.73. The number of pyridine rings is 1. The molecule has 1 unspecified atom stereocenters. The molecule has 3 rings (SSSR count). The van der Waals surface area contributed by atoms with Gasteiger partial charge in [-0.05, 0) is 44.5 Å². The van der Waals surface area contributed by atoms with E-state index in [9.17, 15) is 4.79 Å². The van der Waals surface area contributed by atoms with Crippen LogP contribution >= 0.6 is 0 Å². The van der Waals surface area contributed by atoms with E-state index >= 15 is 0 Å². The van der Waals surface area contributed by atoms with E-state index in [1.54, 1.807) is 7.11 Å². The van der Waals surface area contributed by atoms with Crippen LogP contribution in [0.5, 0.6) is 5.75 Å². The monoisotopic (exact) mass is 339 g/mol. The van der Waals surface area contributed by atoms with Gasteiger partial charge in [0.05, 0.1) is 25.4 Å². The molecular weight excluding hydrogens is 314 g/mol. The third-order valence-corrected chi connectivity index (χ3v) is 4.63. The van der Waals surface area contributed by atoms with Crippen molar-refractivity contribution >= 4 is 5.91 Å². The Kier molecular flexibility index (Phi) is 5.66. The second-order valence-electron chi connectivity index (χ2n) is 6.42. The molecule has 1 fully saturated rings. The highest BCUT2D eigenvalue weighted by atomic mass is 16.5. The minimum atomic E-state index is 0.0328. The maximum Gasteiger partial charge on any atom is 0.234 e. The maximum absolute atomic E-state index is 12.4. The minimum absolute atomic E-state index is 0.0328. The van der Waals surface area contributed by atoms with Crippen molar-refractivity contribution in [2.45, 2.75) is 32.4 Å². The number of methoxy groups -OCH3 is 1. The van der Waals surface area contributed by atoms with Gasteiger partial charge in [-0.25, -0.2) is 0 Å². The largest absolute Gasteiger partial charge is 0.496 e. The van der Waals surface area contributed by atoms with Gasteiger partial charge in [-0.15, -0.1) is 0 Å². The van der Waals surface area contributed by atoms with Crippen LogP contribution in [0, 0.1) is 6.92 Å². The summed E-state index contributed by atoms with van der Waals surface area (Å²) in [5, 5.41) is 3.00. The molecule has 0 saturated carbocycles. The highest BCUT2D eigenvalue weighted by Crippen LogP contribution is 2.30. The Labute approximate surface area is 149 Å². The summed E-state index contributed by atoms with van der Waals surface area (Å²) < 4.78 is 5.33. The van der Waals surface area contributed by atoms with Gasteiger partial charge >= 0.3 is 0 Å². The lowest BCUT2D eigenvalue weighted by Gasteiger charge is -2.23. The second-order valence-corrected chi connectivity index (χ2v) is 6.42. The van der Waals surface area contributed by atoms with Gasteiger partial charge in [0.15, 0.2) is 0 Å². The lowest BCUT2D eigenvalue weighted by molar-refractivity contribution is -0.122. The van der Waals surface area contributed by atoms with E-state index in [1.807, 2.05) is 43.3 Å². The van der Waals surface area contributed by atoms with Gasteiger partial charge in [-0.1, -0.05) is 24.3 Å². The standard InChI is InChI=1S/C20H25N3O2/c1-15-7-5-9-17(22-15)18-10-6-12-23(18)14-20(24)21-13-16-8-3-4-11-19(16)25-2/h3-5,7-9,11,18H,6,10,12-14H2,1-2H3,(H,21,24). The Bertz CT molecular complexity index is 732. The van der Waals surface area contributed by atoms with Crippen molar-refractivity contribution in [1.82, 2.24) is 15.2 Å². The zero-order valence-corrected chi connectivity index (χ0v) is 14.9. The molecule has 25 heavy (non-hydrogen) atoms. The van der Waals surface area contributed by atoms with E-state index in [4.69, 9.17) is 4.74 Å². The molecule has 1 aliphatic heterocycles. The van der Waals surface area contributed by atoms with Gasteiger partial charge < -0.3 is 10.1 Å². The van der Waals surface area contributed by atoms with E-state index in [0.717, 1.165) is 42.1 Å². The average Bonchev–Trinajstić information content (AvgIpc) is 3.08.